The van der Waals surface area contributed by atoms with Crippen molar-refractivity contribution in [3.05, 3.63) is 60.8 Å². The van der Waals surface area contributed by atoms with E-state index in [1.165, 1.54) is 231 Å². The van der Waals surface area contributed by atoms with Crippen LogP contribution in [0.2, 0.25) is 0 Å². The molecule has 0 heterocycles. The van der Waals surface area contributed by atoms with E-state index in [-0.39, 0.29) is 12.5 Å². The lowest BCUT2D eigenvalue weighted by Crippen LogP contribution is -2.45. The maximum atomic E-state index is 12.5. The maximum absolute atomic E-state index is 12.5. The van der Waals surface area contributed by atoms with E-state index in [0.717, 1.165) is 57.8 Å². The summed E-state index contributed by atoms with van der Waals surface area (Å²) in [5, 5.41) is 23.4. The standard InChI is InChI=1S/C63H117NO3/c1-3-5-7-9-11-13-15-17-19-21-23-25-27-29-30-31-32-33-35-36-38-40-42-44-46-48-50-52-54-56-58-62(66)61(60-65)64-63(67)59-57-55-53-51-49-47-45-43-41-39-37-34-28-26-24-22-20-18-16-14-12-10-8-6-4-2/h6,8,12,14,18,20,24,26,34,37,61-62,65-66H,3-5,7,9-11,13,15-17,19,21-23,25,27-33,35-36,38-60H2,1-2H3,(H,64,67)/b8-6-,14-12-,20-18-,26-24-,37-34-. The van der Waals surface area contributed by atoms with Crippen molar-refractivity contribution < 1.29 is 15.0 Å². The van der Waals surface area contributed by atoms with Crippen LogP contribution in [0.3, 0.4) is 0 Å². The largest absolute Gasteiger partial charge is 0.394 e. The number of aliphatic hydroxyl groups is 2. The number of aliphatic hydroxyl groups excluding tert-OH is 2. The van der Waals surface area contributed by atoms with Gasteiger partial charge in [0.1, 0.15) is 0 Å². The molecule has 67 heavy (non-hydrogen) atoms. The van der Waals surface area contributed by atoms with Gasteiger partial charge >= 0.3 is 0 Å². The number of hydrogen-bond donors (Lipinski definition) is 3. The van der Waals surface area contributed by atoms with Crippen molar-refractivity contribution in [1.29, 1.82) is 0 Å². The fourth-order valence-electron chi connectivity index (χ4n) is 9.27. The molecule has 0 aromatic heterocycles. The fraction of sp³-hybridized carbons (Fsp3) is 0.825. The summed E-state index contributed by atoms with van der Waals surface area (Å²) in [6, 6.07) is -0.544. The minimum atomic E-state index is -0.667. The van der Waals surface area contributed by atoms with E-state index in [9.17, 15) is 15.0 Å². The van der Waals surface area contributed by atoms with Gasteiger partial charge in [-0.2, -0.15) is 0 Å². The van der Waals surface area contributed by atoms with E-state index in [2.05, 4.69) is 79.9 Å². The molecule has 0 saturated heterocycles. The zero-order chi connectivity index (χ0) is 48.5. The summed E-state index contributed by atoms with van der Waals surface area (Å²) < 4.78 is 0. The molecule has 0 aliphatic rings. The molecule has 4 nitrogen and oxygen atoms in total. The Balaban J connectivity index is 3.46. The van der Waals surface area contributed by atoms with Crippen molar-refractivity contribution in [2.24, 2.45) is 0 Å². The Hall–Kier alpha value is -1.91. The molecule has 0 fully saturated rings. The van der Waals surface area contributed by atoms with Crippen molar-refractivity contribution >= 4 is 5.91 Å². The minimum absolute atomic E-state index is 0.0358. The van der Waals surface area contributed by atoms with Gasteiger partial charge in [-0.15, -0.1) is 0 Å². The lowest BCUT2D eigenvalue weighted by Gasteiger charge is -2.22. The van der Waals surface area contributed by atoms with Crippen LogP contribution in [0.25, 0.3) is 0 Å². The Morgan fingerprint density at radius 2 is 0.657 bits per heavy atom. The number of rotatable bonds is 55. The molecule has 0 bridgehead atoms. The van der Waals surface area contributed by atoms with Crippen LogP contribution in [-0.4, -0.2) is 34.9 Å². The fourth-order valence-corrected chi connectivity index (χ4v) is 9.27. The van der Waals surface area contributed by atoms with Crippen molar-refractivity contribution in [3.63, 3.8) is 0 Å². The van der Waals surface area contributed by atoms with Crippen LogP contribution in [-0.2, 0) is 4.79 Å². The molecule has 1 amide bonds. The highest BCUT2D eigenvalue weighted by Gasteiger charge is 2.20. The highest BCUT2D eigenvalue weighted by atomic mass is 16.3. The summed E-state index contributed by atoms with van der Waals surface area (Å²) in [5.74, 6) is -0.0358. The minimum Gasteiger partial charge on any atom is -0.394 e. The summed E-state index contributed by atoms with van der Waals surface area (Å²) in [6.07, 6.45) is 82.2. The Kier molecular flexibility index (Phi) is 56.7. The third-order valence-corrected chi connectivity index (χ3v) is 13.8. The van der Waals surface area contributed by atoms with Gasteiger partial charge in [-0.25, -0.2) is 0 Å². The Bertz CT molecular complexity index is 1110. The number of amides is 1. The van der Waals surface area contributed by atoms with Crippen LogP contribution in [0.15, 0.2) is 60.8 Å². The molecule has 392 valence electrons. The summed E-state index contributed by atoms with van der Waals surface area (Å²) in [7, 11) is 0. The molecular formula is C63H117NO3. The summed E-state index contributed by atoms with van der Waals surface area (Å²) >= 11 is 0. The van der Waals surface area contributed by atoms with Crippen molar-refractivity contribution in [2.45, 2.75) is 328 Å². The molecule has 0 aromatic rings. The first kappa shape index (κ1) is 65.1. The highest BCUT2D eigenvalue weighted by Crippen LogP contribution is 2.18. The lowest BCUT2D eigenvalue weighted by molar-refractivity contribution is -0.123. The third kappa shape index (κ3) is 54.9. The van der Waals surface area contributed by atoms with E-state index in [1.54, 1.807) is 0 Å². The van der Waals surface area contributed by atoms with Gasteiger partial charge < -0.3 is 15.5 Å². The van der Waals surface area contributed by atoms with E-state index in [0.29, 0.717) is 12.8 Å². The van der Waals surface area contributed by atoms with E-state index in [4.69, 9.17) is 0 Å². The number of hydrogen-bond acceptors (Lipinski definition) is 3. The molecule has 0 saturated carbocycles. The third-order valence-electron chi connectivity index (χ3n) is 13.8. The highest BCUT2D eigenvalue weighted by molar-refractivity contribution is 5.76. The molecular weight excluding hydrogens is 819 g/mol. The van der Waals surface area contributed by atoms with Crippen LogP contribution in [0.5, 0.6) is 0 Å². The second kappa shape index (κ2) is 58.4. The zero-order valence-corrected chi connectivity index (χ0v) is 45.2. The van der Waals surface area contributed by atoms with Crippen molar-refractivity contribution in [2.75, 3.05) is 6.61 Å². The molecule has 3 N–H and O–H groups in total. The lowest BCUT2D eigenvalue weighted by atomic mass is 10.0. The van der Waals surface area contributed by atoms with Gasteiger partial charge in [0.2, 0.25) is 5.91 Å². The van der Waals surface area contributed by atoms with E-state index in [1.807, 2.05) is 0 Å². The SMILES string of the molecule is CC/C=C\C/C=C\C/C=C\C/C=C\C/C=C\CCCCCCCCCCCC(=O)NC(CO)C(O)CCCCCCCCCCCCCCCCCCCCCCCCCCCCCCCC. The first-order valence-corrected chi connectivity index (χ1v) is 30.0. The van der Waals surface area contributed by atoms with Crippen molar-refractivity contribution in [1.82, 2.24) is 5.32 Å². The molecule has 0 spiro atoms. The topological polar surface area (TPSA) is 69.6 Å². The molecule has 0 aromatic carbocycles. The second-order valence-electron chi connectivity index (χ2n) is 20.4. The molecule has 0 aliphatic carbocycles. The summed E-state index contributed by atoms with van der Waals surface area (Å²) in [4.78, 5) is 12.5. The average Bonchev–Trinajstić information content (AvgIpc) is 3.33. The van der Waals surface area contributed by atoms with Gasteiger partial charge in [0, 0.05) is 6.42 Å². The Morgan fingerprint density at radius 3 is 0.985 bits per heavy atom. The van der Waals surface area contributed by atoms with Gasteiger partial charge in [-0.3, -0.25) is 4.79 Å². The molecule has 0 rings (SSSR count). The van der Waals surface area contributed by atoms with Gasteiger partial charge in [0.25, 0.3) is 0 Å². The quantitative estimate of drug-likeness (QED) is 0.0420. The van der Waals surface area contributed by atoms with Crippen LogP contribution in [0.1, 0.15) is 316 Å². The Morgan fingerprint density at radius 1 is 0.373 bits per heavy atom. The first-order valence-electron chi connectivity index (χ1n) is 30.0. The molecule has 4 heteroatoms. The number of carbonyl (C=O) groups is 1. The maximum Gasteiger partial charge on any atom is 0.220 e. The van der Waals surface area contributed by atoms with Gasteiger partial charge in [0.15, 0.2) is 0 Å². The number of nitrogens with one attached hydrogen (secondary N) is 1. The van der Waals surface area contributed by atoms with Gasteiger partial charge in [-0.1, -0.05) is 312 Å². The monoisotopic (exact) mass is 936 g/mol. The normalized spacial score (nSPS) is 13.2. The molecule has 2 atom stereocenters. The van der Waals surface area contributed by atoms with Crippen LogP contribution < -0.4 is 5.32 Å². The van der Waals surface area contributed by atoms with Gasteiger partial charge in [-0.05, 0) is 57.8 Å². The predicted molar refractivity (Wildman–Crippen MR) is 299 cm³/mol. The molecule has 2 unspecified atom stereocenters. The molecule has 0 aliphatic heterocycles. The van der Waals surface area contributed by atoms with E-state index >= 15 is 0 Å². The van der Waals surface area contributed by atoms with Crippen LogP contribution >= 0.6 is 0 Å². The summed E-state index contributed by atoms with van der Waals surface area (Å²) in [6.45, 7) is 4.27. The smallest absolute Gasteiger partial charge is 0.220 e. The first-order chi connectivity index (χ1) is 33.2. The second-order valence-corrected chi connectivity index (χ2v) is 20.4. The average molecular weight is 937 g/mol. The van der Waals surface area contributed by atoms with Gasteiger partial charge in [0.05, 0.1) is 18.8 Å². The number of allylic oxidation sites excluding steroid dienone is 10. The summed E-state index contributed by atoms with van der Waals surface area (Å²) in [5.41, 5.74) is 0. The van der Waals surface area contributed by atoms with Crippen LogP contribution in [0, 0.1) is 0 Å². The van der Waals surface area contributed by atoms with Crippen molar-refractivity contribution in [3.8, 4) is 0 Å². The zero-order valence-electron chi connectivity index (χ0n) is 45.2. The number of carbonyl (C=O) groups excluding carboxylic acids is 1. The predicted octanol–water partition coefficient (Wildman–Crippen LogP) is 20.0. The molecule has 0 radical (unpaired) electrons. The Labute approximate surface area is 419 Å². The van der Waals surface area contributed by atoms with Crippen LogP contribution in [0.4, 0.5) is 0 Å². The van der Waals surface area contributed by atoms with E-state index < -0.39 is 12.1 Å². The number of unbranched alkanes of at least 4 members (excludes halogenated alkanes) is 38.